The molecular formula is C13H20N2O. The molecule has 2 rings (SSSR count). The molecule has 88 valence electrons. The Morgan fingerprint density at radius 3 is 3.00 bits per heavy atom. The second-order valence-corrected chi connectivity index (χ2v) is 4.47. The van der Waals surface area contributed by atoms with Crippen molar-refractivity contribution >= 4 is 0 Å². The van der Waals surface area contributed by atoms with E-state index in [-0.39, 0.29) is 12.1 Å². The molecule has 1 aliphatic carbocycles. The normalized spacial score (nSPS) is 25.6. The van der Waals surface area contributed by atoms with Crippen LogP contribution in [0.15, 0.2) is 24.5 Å². The monoisotopic (exact) mass is 220 g/mol. The van der Waals surface area contributed by atoms with Gasteiger partial charge in [0.1, 0.15) is 0 Å². The zero-order valence-electron chi connectivity index (χ0n) is 9.64. The van der Waals surface area contributed by atoms with Gasteiger partial charge in [-0.2, -0.15) is 0 Å². The van der Waals surface area contributed by atoms with Crippen LogP contribution in [0.25, 0.3) is 0 Å². The minimum Gasteiger partial charge on any atom is -0.376 e. The minimum atomic E-state index is 0.239. The van der Waals surface area contributed by atoms with Gasteiger partial charge in [0.2, 0.25) is 0 Å². The van der Waals surface area contributed by atoms with E-state index in [0.29, 0.717) is 0 Å². The molecule has 0 bridgehead atoms. The third kappa shape index (κ3) is 3.29. The zero-order chi connectivity index (χ0) is 11.2. The Morgan fingerprint density at radius 2 is 2.25 bits per heavy atom. The molecule has 1 saturated carbocycles. The third-order valence-electron chi connectivity index (χ3n) is 3.20. The van der Waals surface area contributed by atoms with Crippen molar-refractivity contribution in [2.24, 2.45) is 5.73 Å². The van der Waals surface area contributed by atoms with Gasteiger partial charge in [-0.05, 0) is 30.9 Å². The van der Waals surface area contributed by atoms with Crippen molar-refractivity contribution in [1.82, 2.24) is 4.98 Å². The molecule has 0 aromatic carbocycles. The van der Waals surface area contributed by atoms with E-state index in [1.54, 1.807) is 6.20 Å². The molecule has 2 unspecified atom stereocenters. The maximum Gasteiger partial charge on any atom is 0.0726 e. The van der Waals surface area contributed by atoms with Crippen molar-refractivity contribution in [3.05, 3.63) is 30.1 Å². The van der Waals surface area contributed by atoms with Crippen LogP contribution in [0.1, 0.15) is 31.2 Å². The molecule has 2 atom stereocenters. The Morgan fingerprint density at radius 1 is 1.38 bits per heavy atom. The molecule has 1 heterocycles. The molecule has 0 aliphatic heterocycles. The highest BCUT2D eigenvalue weighted by Crippen LogP contribution is 2.19. The van der Waals surface area contributed by atoms with E-state index in [0.717, 1.165) is 25.9 Å². The van der Waals surface area contributed by atoms with Gasteiger partial charge >= 0.3 is 0 Å². The van der Waals surface area contributed by atoms with E-state index in [2.05, 4.69) is 11.1 Å². The molecule has 0 amide bonds. The Hall–Kier alpha value is -0.930. The first kappa shape index (κ1) is 11.6. The Kier molecular flexibility index (Phi) is 4.31. The highest BCUT2D eigenvalue weighted by Gasteiger charge is 2.21. The SMILES string of the molecule is NC1CCCCC1OCCc1cccnc1. The zero-order valence-corrected chi connectivity index (χ0v) is 9.64. The number of ether oxygens (including phenoxy) is 1. The number of nitrogens with zero attached hydrogens (tertiary/aromatic N) is 1. The van der Waals surface area contributed by atoms with Gasteiger partial charge in [0.05, 0.1) is 12.7 Å². The first-order valence-corrected chi connectivity index (χ1v) is 6.12. The Bertz CT molecular complexity index is 302. The topological polar surface area (TPSA) is 48.1 Å². The number of hydrogen-bond acceptors (Lipinski definition) is 3. The second kappa shape index (κ2) is 5.97. The summed E-state index contributed by atoms with van der Waals surface area (Å²) in [4.78, 5) is 4.08. The fourth-order valence-electron chi connectivity index (χ4n) is 2.21. The van der Waals surface area contributed by atoms with Gasteiger partial charge in [-0.25, -0.2) is 0 Å². The van der Waals surface area contributed by atoms with Gasteiger partial charge < -0.3 is 10.5 Å². The molecule has 16 heavy (non-hydrogen) atoms. The van der Waals surface area contributed by atoms with Gasteiger partial charge in [-0.3, -0.25) is 4.98 Å². The quantitative estimate of drug-likeness (QED) is 0.843. The third-order valence-corrected chi connectivity index (χ3v) is 3.20. The molecule has 3 nitrogen and oxygen atoms in total. The molecule has 1 aliphatic rings. The second-order valence-electron chi connectivity index (χ2n) is 4.47. The fourth-order valence-corrected chi connectivity index (χ4v) is 2.21. The van der Waals surface area contributed by atoms with E-state index >= 15 is 0 Å². The van der Waals surface area contributed by atoms with Crippen LogP contribution in [0.2, 0.25) is 0 Å². The summed E-state index contributed by atoms with van der Waals surface area (Å²) in [6, 6.07) is 4.28. The lowest BCUT2D eigenvalue weighted by Crippen LogP contribution is -2.39. The maximum atomic E-state index is 6.02. The van der Waals surface area contributed by atoms with Crippen LogP contribution in [0.4, 0.5) is 0 Å². The Balaban J connectivity index is 1.71. The van der Waals surface area contributed by atoms with Crippen LogP contribution in [0.5, 0.6) is 0 Å². The number of nitrogens with two attached hydrogens (primary N) is 1. The Labute approximate surface area is 97.0 Å². The lowest BCUT2D eigenvalue weighted by Gasteiger charge is -2.28. The van der Waals surface area contributed by atoms with E-state index in [1.165, 1.54) is 18.4 Å². The van der Waals surface area contributed by atoms with E-state index in [9.17, 15) is 0 Å². The molecule has 3 heteroatoms. The van der Waals surface area contributed by atoms with Gasteiger partial charge in [0.15, 0.2) is 0 Å². The van der Waals surface area contributed by atoms with Crippen molar-refractivity contribution in [2.45, 2.75) is 44.2 Å². The number of hydrogen-bond donors (Lipinski definition) is 1. The predicted octanol–water partition coefficient (Wildman–Crippen LogP) is 1.91. The molecule has 1 fully saturated rings. The van der Waals surface area contributed by atoms with Gasteiger partial charge in [-0.1, -0.05) is 18.9 Å². The summed E-state index contributed by atoms with van der Waals surface area (Å²) in [5, 5.41) is 0. The standard InChI is InChI=1S/C13H20N2O/c14-12-5-1-2-6-13(12)16-9-7-11-4-3-8-15-10-11/h3-4,8,10,12-13H,1-2,5-7,9,14H2. The summed E-state index contributed by atoms with van der Waals surface area (Å²) in [7, 11) is 0. The summed E-state index contributed by atoms with van der Waals surface area (Å²) >= 11 is 0. The van der Waals surface area contributed by atoms with Crippen molar-refractivity contribution in [3.8, 4) is 0 Å². The first-order valence-electron chi connectivity index (χ1n) is 6.12. The average Bonchev–Trinajstić information content (AvgIpc) is 2.33. The van der Waals surface area contributed by atoms with Crippen molar-refractivity contribution in [2.75, 3.05) is 6.61 Å². The van der Waals surface area contributed by atoms with Gasteiger partial charge in [0, 0.05) is 18.4 Å². The molecule has 2 N–H and O–H groups in total. The van der Waals surface area contributed by atoms with E-state index in [1.807, 2.05) is 12.3 Å². The fraction of sp³-hybridized carbons (Fsp3) is 0.615. The summed E-state index contributed by atoms with van der Waals surface area (Å²) in [6.07, 6.45) is 9.62. The lowest BCUT2D eigenvalue weighted by atomic mass is 9.93. The summed E-state index contributed by atoms with van der Waals surface area (Å²) in [5.41, 5.74) is 7.25. The first-order chi connectivity index (χ1) is 7.86. The molecule has 0 saturated heterocycles. The van der Waals surface area contributed by atoms with E-state index < -0.39 is 0 Å². The van der Waals surface area contributed by atoms with Gasteiger partial charge in [-0.15, -0.1) is 0 Å². The van der Waals surface area contributed by atoms with Crippen LogP contribution in [-0.4, -0.2) is 23.7 Å². The number of aromatic nitrogens is 1. The molecule has 0 spiro atoms. The van der Waals surface area contributed by atoms with Crippen LogP contribution < -0.4 is 5.73 Å². The number of pyridine rings is 1. The van der Waals surface area contributed by atoms with E-state index in [4.69, 9.17) is 10.5 Å². The highest BCUT2D eigenvalue weighted by molar-refractivity contribution is 5.08. The summed E-state index contributed by atoms with van der Waals surface area (Å²) in [5.74, 6) is 0. The minimum absolute atomic E-state index is 0.239. The maximum absolute atomic E-state index is 6.02. The summed E-state index contributed by atoms with van der Waals surface area (Å²) in [6.45, 7) is 0.754. The van der Waals surface area contributed by atoms with Gasteiger partial charge in [0.25, 0.3) is 0 Å². The highest BCUT2D eigenvalue weighted by atomic mass is 16.5. The van der Waals surface area contributed by atoms with Crippen molar-refractivity contribution < 1.29 is 4.74 Å². The molecule has 1 aromatic rings. The molecule has 0 radical (unpaired) electrons. The average molecular weight is 220 g/mol. The number of rotatable bonds is 4. The van der Waals surface area contributed by atoms with Crippen LogP contribution in [0.3, 0.4) is 0 Å². The van der Waals surface area contributed by atoms with Crippen molar-refractivity contribution in [1.29, 1.82) is 0 Å². The molecular weight excluding hydrogens is 200 g/mol. The predicted molar refractivity (Wildman–Crippen MR) is 64.1 cm³/mol. The van der Waals surface area contributed by atoms with Crippen LogP contribution in [-0.2, 0) is 11.2 Å². The summed E-state index contributed by atoms with van der Waals surface area (Å²) < 4.78 is 5.85. The lowest BCUT2D eigenvalue weighted by molar-refractivity contribution is 0.0168. The molecule has 1 aromatic heterocycles. The van der Waals surface area contributed by atoms with Crippen LogP contribution >= 0.6 is 0 Å². The van der Waals surface area contributed by atoms with Crippen molar-refractivity contribution in [3.63, 3.8) is 0 Å². The largest absolute Gasteiger partial charge is 0.376 e. The van der Waals surface area contributed by atoms with Crippen LogP contribution in [0, 0.1) is 0 Å². The smallest absolute Gasteiger partial charge is 0.0726 e.